The lowest BCUT2D eigenvalue weighted by Crippen LogP contribution is -2.27. The number of imidazole rings is 1. The molecule has 4 aromatic rings. The quantitative estimate of drug-likeness (QED) is 0.317. The summed E-state index contributed by atoms with van der Waals surface area (Å²) < 4.78 is 5.84. The van der Waals surface area contributed by atoms with Crippen molar-refractivity contribution in [1.29, 1.82) is 0 Å². The molecule has 1 aromatic heterocycles. The zero-order chi connectivity index (χ0) is 23.0. The Morgan fingerprint density at radius 1 is 0.848 bits per heavy atom. The molecule has 0 aliphatic carbocycles. The number of benzene rings is 3. The second-order valence-corrected chi connectivity index (χ2v) is 7.68. The molecule has 7 nitrogen and oxygen atoms in total. The third kappa shape index (κ3) is 6.13. The Bertz CT molecular complexity index is 1240. The maximum absolute atomic E-state index is 12.0. The number of hydrogen-bond donors (Lipinski definition) is 4. The fourth-order valence-corrected chi connectivity index (χ4v) is 3.46. The van der Waals surface area contributed by atoms with Crippen molar-refractivity contribution in [3.8, 4) is 22.8 Å². The van der Waals surface area contributed by atoms with Gasteiger partial charge in [0.1, 0.15) is 12.4 Å². The summed E-state index contributed by atoms with van der Waals surface area (Å²) in [6, 6.07) is 26.3. The molecule has 0 unspecified atom stereocenters. The van der Waals surface area contributed by atoms with Crippen molar-refractivity contribution < 1.29 is 14.6 Å². The molecule has 0 atom stereocenters. The number of amides is 1. The van der Waals surface area contributed by atoms with Crippen LogP contribution in [0.4, 0.5) is 0 Å². The van der Waals surface area contributed by atoms with Gasteiger partial charge >= 0.3 is 5.69 Å². The van der Waals surface area contributed by atoms with Gasteiger partial charge in [0.05, 0.1) is 12.1 Å². The highest BCUT2D eigenvalue weighted by atomic mass is 16.5. The first kappa shape index (κ1) is 22.0. The lowest BCUT2D eigenvalue weighted by Gasteiger charge is -2.09. The molecule has 0 spiro atoms. The van der Waals surface area contributed by atoms with E-state index in [2.05, 4.69) is 27.4 Å². The van der Waals surface area contributed by atoms with Crippen LogP contribution in [0.5, 0.6) is 11.6 Å². The van der Waals surface area contributed by atoms with Crippen LogP contribution in [0.15, 0.2) is 83.7 Å². The first-order chi connectivity index (χ1) is 16.1. The third-order valence-electron chi connectivity index (χ3n) is 5.25. The second-order valence-electron chi connectivity index (χ2n) is 7.68. The van der Waals surface area contributed by atoms with Crippen LogP contribution >= 0.6 is 0 Å². The first-order valence-electron chi connectivity index (χ1n) is 10.7. The first-order valence-corrected chi connectivity index (χ1v) is 10.7. The van der Waals surface area contributed by atoms with Gasteiger partial charge in [-0.3, -0.25) is 9.78 Å². The minimum absolute atomic E-state index is 0.0887. The standard InChI is InChI=1S/C26H25N3O4/c30-24(16-23-25(31)29-26(32)28-23)27-15-14-18-6-8-20(9-7-18)21-10-12-22(13-11-21)33-17-19-4-2-1-3-5-19/h1-13,31H,14-17H2,(H,27,30)(H2,28,29,32). The summed E-state index contributed by atoms with van der Waals surface area (Å²) in [7, 11) is 0. The van der Waals surface area contributed by atoms with Gasteiger partial charge in [-0.1, -0.05) is 66.7 Å². The number of aromatic nitrogens is 2. The number of rotatable bonds is 9. The minimum Gasteiger partial charge on any atom is -0.493 e. The molecule has 0 saturated carbocycles. The van der Waals surface area contributed by atoms with Crippen molar-refractivity contribution in [1.82, 2.24) is 15.3 Å². The maximum atomic E-state index is 12.0. The van der Waals surface area contributed by atoms with Gasteiger partial charge in [0.2, 0.25) is 11.8 Å². The van der Waals surface area contributed by atoms with E-state index in [-0.39, 0.29) is 23.9 Å². The summed E-state index contributed by atoms with van der Waals surface area (Å²) in [6.45, 7) is 0.997. The van der Waals surface area contributed by atoms with E-state index in [0.717, 1.165) is 28.0 Å². The normalized spacial score (nSPS) is 10.7. The Hall–Kier alpha value is -4.26. The van der Waals surface area contributed by atoms with E-state index in [1.165, 1.54) is 0 Å². The number of H-pyrrole nitrogens is 2. The SMILES string of the molecule is O=C(Cc1[nH]c(=O)[nH]c1O)NCCc1ccc(-c2ccc(OCc3ccccc3)cc2)cc1. The van der Waals surface area contributed by atoms with Crippen molar-refractivity contribution in [3.63, 3.8) is 0 Å². The molecule has 0 fully saturated rings. The number of aromatic amines is 2. The Morgan fingerprint density at radius 2 is 1.52 bits per heavy atom. The van der Waals surface area contributed by atoms with Crippen LogP contribution in [0.25, 0.3) is 11.1 Å². The number of carbonyl (C=O) groups excluding carboxylic acids is 1. The fourth-order valence-electron chi connectivity index (χ4n) is 3.46. The van der Waals surface area contributed by atoms with Gasteiger partial charge in [-0.05, 0) is 40.8 Å². The average molecular weight is 444 g/mol. The third-order valence-corrected chi connectivity index (χ3v) is 5.25. The molecule has 1 amide bonds. The van der Waals surface area contributed by atoms with Gasteiger partial charge in [0, 0.05) is 6.54 Å². The fraction of sp³-hybridized carbons (Fsp3) is 0.154. The molecule has 4 rings (SSSR count). The number of ether oxygens (including phenoxy) is 1. The molecule has 3 aromatic carbocycles. The zero-order valence-corrected chi connectivity index (χ0v) is 18.0. The Balaban J connectivity index is 1.25. The summed E-state index contributed by atoms with van der Waals surface area (Å²) in [5.41, 5.74) is 4.07. The molecular weight excluding hydrogens is 418 g/mol. The van der Waals surface area contributed by atoms with E-state index >= 15 is 0 Å². The van der Waals surface area contributed by atoms with E-state index in [9.17, 15) is 14.7 Å². The highest BCUT2D eigenvalue weighted by Gasteiger charge is 2.10. The van der Waals surface area contributed by atoms with Crippen molar-refractivity contribution in [2.45, 2.75) is 19.4 Å². The summed E-state index contributed by atoms with van der Waals surface area (Å²) >= 11 is 0. The molecule has 4 N–H and O–H groups in total. The predicted octanol–water partition coefficient (Wildman–Crippen LogP) is 3.56. The van der Waals surface area contributed by atoms with Crippen LogP contribution in [0.3, 0.4) is 0 Å². The highest BCUT2D eigenvalue weighted by molar-refractivity contribution is 5.78. The number of aromatic hydroxyl groups is 1. The van der Waals surface area contributed by atoms with Crippen LogP contribution in [0, 0.1) is 0 Å². The minimum atomic E-state index is -0.537. The van der Waals surface area contributed by atoms with E-state index in [0.29, 0.717) is 19.6 Å². The molecule has 0 aliphatic heterocycles. The highest BCUT2D eigenvalue weighted by Crippen LogP contribution is 2.23. The van der Waals surface area contributed by atoms with E-state index < -0.39 is 5.69 Å². The number of carbonyl (C=O) groups is 1. The second kappa shape index (κ2) is 10.4. The van der Waals surface area contributed by atoms with Gasteiger partial charge < -0.3 is 20.1 Å². The summed E-state index contributed by atoms with van der Waals surface area (Å²) in [5.74, 6) is 0.250. The van der Waals surface area contributed by atoms with Crippen LogP contribution in [-0.4, -0.2) is 27.5 Å². The lowest BCUT2D eigenvalue weighted by molar-refractivity contribution is -0.120. The predicted molar refractivity (Wildman–Crippen MR) is 126 cm³/mol. The number of hydrogen-bond acceptors (Lipinski definition) is 4. The molecule has 0 aliphatic rings. The summed E-state index contributed by atoms with van der Waals surface area (Å²) in [6.07, 6.45) is 0.586. The van der Waals surface area contributed by atoms with Gasteiger partial charge in [-0.2, -0.15) is 0 Å². The van der Waals surface area contributed by atoms with Gasteiger partial charge in [0.25, 0.3) is 0 Å². The van der Waals surface area contributed by atoms with Crippen molar-refractivity contribution in [2.24, 2.45) is 0 Å². The lowest BCUT2D eigenvalue weighted by atomic mass is 10.0. The van der Waals surface area contributed by atoms with Crippen LogP contribution < -0.4 is 15.7 Å². The summed E-state index contributed by atoms with van der Waals surface area (Å²) in [4.78, 5) is 27.7. The van der Waals surface area contributed by atoms with Crippen molar-refractivity contribution >= 4 is 5.91 Å². The van der Waals surface area contributed by atoms with E-state index in [1.807, 2.05) is 66.7 Å². The molecule has 0 bridgehead atoms. The van der Waals surface area contributed by atoms with Gasteiger partial charge in [0.15, 0.2) is 0 Å². The van der Waals surface area contributed by atoms with Gasteiger partial charge in [-0.15, -0.1) is 0 Å². The Labute approximate surface area is 191 Å². The molecule has 1 heterocycles. The van der Waals surface area contributed by atoms with Gasteiger partial charge in [-0.25, -0.2) is 4.79 Å². The molecular formula is C26H25N3O4. The maximum Gasteiger partial charge on any atom is 0.325 e. The summed E-state index contributed by atoms with van der Waals surface area (Å²) in [5, 5.41) is 12.3. The molecule has 7 heteroatoms. The molecule has 0 saturated heterocycles. The van der Waals surface area contributed by atoms with E-state index in [4.69, 9.17) is 4.74 Å². The zero-order valence-electron chi connectivity index (χ0n) is 18.0. The molecule has 168 valence electrons. The molecule has 33 heavy (non-hydrogen) atoms. The average Bonchev–Trinajstić information content (AvgIpc) is 3.15. The van der Waals surface area contributed by atoms with Crippen LogP contribution in [0.1, 0.15) is 16.8 Å². The van der Waals surface area contributed by atoms with Crippen LogP contribution in [0.2, 0.25) is 0 Å². The monoisotopic (exact) mass is 443 g/mol. The molecule has 0 radical (unpaired) electrons. The van der Waals surface area contributed by atoms with E-state index in [1.54, 1.807) is 0 Å². The Morgan fingerprint density at radius 3 is 2.15 bits per heavy atom. The van der Waals surface area contributed by atoms with Crippen molar-refractivity contribution in [2.75, 3.05) is 6.54 Å². The number of nitrogens with one attached hydrogen (secondary N) is 3. The largest absolute Gasteiger partial charge is 0.493 e. The smallest absolute Gasteiger partial charge is 0.325 e. The topological polar surface area (TPSA) is 107 Å². The van der Waals surface area contributed by atoms with Crippen molar-refractivity contribution in [3.05, 3.63) is 106 Å². The van der Waals surface area contributed by atoms with Crippen LogP contribution in [-0.2, 0) is 24.2 Å². The Kier molecular flexibility index (Phi) is 6.90.